The molecule has 0 radical (unpaired) electrons. The molecule has 1 aliphatic carbocycles. The molecule has 0 saturated carbocycles. The van der Waals surface area contributed by atoms with Crippen LogP contribution in [0.3, 0.4) is 0 Å². The highest BCUT2D eigenvalue weighted by atomic mass is 32.1. The van der Waals surface area contributed by atoms with Crippen molar-refractivity contribution in [2.45, 2.75) is 51.2 Å². The molecular weight excluding hydrogens is 258 g/mol. The fourth-order valence-corrected chi connectivity index (χ4v) is 4.22. The summed E-state index contributed by atoms with van der Waals surface area (Å²) in [6, 6.07) is 0.218. The molecule has 1 saturated heterocycles. The van der Waals surface area contributed by atoms with Crippen LogP contribution in [0.1, 0.15) is 49.2 Å². The predicted octanol–water partition coefficient (Wildman–Crippen LogP) is 2.48. The lowest BCUT2D eigenvalue weighted by Crippen LogP contribution is -2.37. The highest BCUT2D eigenvalue weighted by Gasteiger charge is 2.26. The topological polar surface area (TPSA) is 51.4 Å². The van der Waals surface area contributed by atoms with Gasteiger partial charge in [0.1, 0.15) is 0 Å². The van der Waals surface area contributed by atoms with Crippen LogP contribution < -0.4 is 10.6 Å². The van der Waals surface area contributed by atoms with Crippen molar-refractivity contribution < 1.29 is 4.74 Å². The van der Waals surface area contributed by atoms with Gasteiger partial charge >= 0.3 is 0 Å². The molecule has 1 fully saturated rings. The number of ether oxygens (including phenoxy) is 1. The summed E-state index contributed by atoms with van der Waals surface area (Å²) >= 11 is 1.81. The van der Waals surface area contributed by atoms with E-state index in [0.29, 0.717) is 6.10 Å². The lowest BCUT2D eigenvalue weighted by atomic mass is 9.99. The average molecular weight is 281 g/mol. The Balaban J connectivity index is 1.67. The molecule has 19 heavy (non-hydrogen) atoms. The Morgan fingerprint density at radius 2 is 2.16 bits per heavy atom. The maximum absolute atomic E-state index is 6.18. The Bertz CT molecular complexity index is 426. The van der Waals surface area contributed by atoms with E-state index in [-0.39, 0.29) is 6.04 Å². The molecule has 0 aromatic carbocycles. The average Bonchev–Trinajstić information content (AvgIpc) is 2.85. The Morgan fingerprint density at radius 3 is 2.84 bits per heavy atom. The van der Waals surface area contributed by atoms with Crippen molar-refractivity contribution in [1.29, 1.82) is 0 Å². The van der Waals surface area contributed by atoms with Gasteiger partial charge in [-0.3, -0.25) is 0 Å². The third kappa shape index (κ3) is 2.78. The fraction of sp³-hybridized carbons (Fsp3) is 0.786. The summed E-state index contributed by atoms with van der Waals surface area (Å²) in [5, 5.41) is 1.18. The second kappa shape index (κ2) is 5.77. The number of anilines is 1. The molecule has 0 bridgehead atoms. The Hall–Kier alpha value is -0.650. The molecule has 1 aromatic heterocycles. The third-order valence-corrected chi connectivity index (χ3v) is 5.39. The van der Waals surface area contributed by atoms with E-state index in [4.69, 9.17) is 15.5 Å². The molecule has 1 unspecified atom stereocenters. The second-order valence-electron chi connectivity index (χ2n) is 5.45. The lowest BCUT2D eigenvalue weighted by Gasteiger charge is -2.31. The van der Waals surface area contributed by atoms with E-state index in [9.17, 15) is 0 Å². The number of fused-ring (bicyclic) bond motifs is 1. The van der Waals surface area contributed by atoms with Crippen LogP contribution in [0.25, 0.3) is 0 Å². The Morgan fingerprint density at radius 1 is 1.37 bits per heavy atom. The van der Waals surface area contributed by atoms with E-state index < -0.39 is 0 Å². The van der Waals surface area contributed by atoms with Gasteiger partial charge in [0.15, 0.2) is 5.13 Å². The zero-order valence-electron chi connectivity index (χ0n) is 11.6. The SMILES string of the molecule is CCOC1CCN(c2nc3c(s2)C(N)CCC3)CC1. The fourth-order valence-electron chi connectivity index (χ4n) is 3.02. The Labute approximate surface area is 119 Å². The van der Waals surface area contributed by atoms with Crippen LogP contribution in [0.4, 0.5) is 5.13 Å². The summed E-state index contributed by atoms with van der Waals surface area (Å²) in [6.45, 7) is 5.02. The first-order valence-electron chi connectivity index (χ1n) is 7.39. The van der Waals surface area contributed by atoms with Gasteiger partial charge in [0.25, 0.3) is 0 Å². The number of aromatic nitrogens is 1. The van der Waals surface area contributed by atoms with Gasteiger partial charge in [-0.15, -0.1) is 0 Å². The van der Waals surface area contributed by atoms with Crippen LogP contribution >= 0.6 is 11.3 Å². The van der Waals surface area contributed by atoms with Gasteiger partial charge in [0.05, 0.1) is 11.8 Å². The summed E-state index contributed by atoms with van der Waals surface area (Å²) in [7, 11) is 0. The van der Waals surface area contributed by atoms with Crippen molar-refractivity contribution in [2.75, 3.05) is 24.6 Å². The molecule has 1 aliphatic heterocycles. The zero-order valence-corrected chi connectivity index (χ0v) is 12.4. The molecule has 5 heteroatoms. The number of thiazole rings is 1. The Kier molecular flexibility index (Phi) is 4.05. The molecule has 4 nitrogen and oxygen atoms in total. The highest BCUT2D eigenvalue weighted by Crippen LogP contribution is 2.37. The first-order chi connectivity index (χ1) is 9.28. The molecule has 1 aromatic rings. The van der Waals surface area contributed by atoms with Crippen molar-refractivity contribution in [1.82, 2.24) is 4.98 Å². The number of nitrogens with two attached hydrogens (primary N) is 1. The van der Waals surface area contributed by atoms with Crippen LogP contribution in [-0.4, -0.2) is 30.8 Å². The summed E-state index contributed by atoms with van der Waals surface area (Å²) in [4.78, 5) is 8.55. The largest absolute Gasteiger partial charge is 0.378 e. The van der Waals surface area contributed by atoms with E-state index in [1.54, 1.807) is 0 Å². The molecule has 2 aliphatic rings. The van der Waals surface area contributed by atoms with Gasteiger partial charge in [-0.05, 0) is 39.0 Å². The number of hydrogen-bond donors (Lipinski definition) is 1. The van der Waals surface area contributed by atoms with E-state index in [0.717, 1.165) is 45.4 Å². The smallest absolute Gasteiger partial charge is 0.185 e. The predicted molar refractivity (Wildman–Crippen MR) is 78.8 cm³/mol. The second-order valence-corrected chi connectivity index (χ2v) is 6.46. The number of aryl methyl sites for hydroxylation is 1. The molecule has 2 N–H and O–H groups in total. The summed E-state index contributed by atoms with van der Waals surface area (Å²) in [5.41, 5.74) is 7.44. The van der Waals surface area contributed by atoms with Gasteiger partial charge in [-0.1, -0.05) is 11.3 Å². The lowest BCUT2D eigenvalue weighted by molar-refractivity contribution is 0.0459. The molecule has 3 rings (SSSR count). The van der Waals surface area contributed by atoms with Gasteiger partial charge in [0.2, 0.25) is 0 Å². The van der Waals surface area contributed by atoms with Crippen molar-refractivity contribution in [3.63, 3.8) is 0 Å². The zero-order chi connectivity index (χ0) is 13.2. The number of nitrogens with zero attached hydrogens (tertiary/aromatic N) is 2. The van der Waals surface area contributed by atoms with Gasteiger partial charge < -0.3 is 15.4 Å². The van der Waals surface area contributed by atoms with Crippen LogP contribution in [0.5, 0.6) is 0 Å². The summed E-state index contributed by atoms with van der Waals surface area (Å²) in [5.74, 6) is 0. The van der Waals surface area contributed by atoms with Crippen molar-refractivity contribution >= 4 is 16.5 Å². The number of piperidine rings is 1. The maximum atomic E-state index is 6.18. The molecular formula is C14H23N3OS. The molecule has 0 spiro atoms. The minimum Gasteiger partial charge on any atom is -0.378 e. The first-order valence-corrected chi connectivity index (χ1v) is 8.21. The molecule has 2 heterocycles. The number of rotatable bonds is 3. The number of hydrogen-bond acceptors (Lipinski definition) is 5. The highest BCUT2D eigenvalue weighted by molar-refractivity contribution is 7.15. The van der Waals surface area contributed by atoms with Crippen molar-refractivity contribution in [3.8, 4) is 0 Å². The van der Waals surface area contributed by atoms with Gasteiger partial charge in [-0.2, -0.15) is 0 Å². The quantitative estimate of drug-likeness (QED) is 0.925. The standard InChI is InChI=1S/C14H23N3OS/c1-2-18-10-6-8-17(9-7-10)14-16-12-5-3-4-11(15)13(12)19-14/h10-11H,2-9,15H2,1H3. The molecule has 1 atom stereocenters. The summed E-state index contributed by atoms with van der Waals surface area (Å²) < 4.78 is 5.70. The van der Waals surface area contributed by atoms with E-state index >= 15 is 0 Å². The summed E-state index contributed by atoms with van der Waals surface area (Å²) in [6.07, 6.45) is 6.08. The van der Waals surface area contributed by atoms with Crippen LogP contribution in [0.2, 0.25) is 0 Å². The van der Waals surface area contributed by atoms with Crippen LogP contribution in [0, 0.1) is 0 Å². The minimum absolute atomic E-state index is 0.218. The van der Waals surface area contributed by atoms with E-state index in [1.807, 2.05) is 11.3 Å². The first kappa shape index (κ1) is 13.3. The van der Waals surface area contributed by atoms with Gasteiger partial charge in [0, 0.05) is 30.6 Å². The third-order valence-electron chi connectivity index (χ3n) is 4.10. The van der Waals surface area contributed by atoms with Crippen LogP contribution in [0.15, 0.2) is 0 Å². The monoisotopic (exact) mass is 281 g/mol. The maximum Gasteiger partial charge on any atom is 0.185 e. The normalized spacial score (nSPS) is 24.5. The van der Waals surface area contributed by atoms with E-state index in [1.165, 1.54) is 22.1 Å². The van der Waals surface area contributed by atoms with Gasteiger partial charge in [-0.25, -0.2) is 4.98 Å². The van der Waals surface area contributed by atoms with E-state index in [2.05, 4.69) is 11.8 Å². The molecule has 106 valence electrons. The van der Waals surface area contributed by atoms with Crippen molar-refractivity contribution in [2.24, 2.45) is 5.73 Å². The minimum atomic E-state index is 0.218. The van der Waals surface area contributed by atoms with Crippen LogP contribution in [-0.2, 0) is 11.2 Å². The molecule has 0 amide bonds. The van der Waals surface area contributed by atoms with Crippen molar-refractivity contribution in [3.05, 3.63) is 10.6 Å².